The first-order chi connectivity index (χ1) is 8.29. The van der Waals surface area contributed by atoms with E-state index in [-0.39, 0.29) is 11.1 Å². The molecule has 0 heterocycles. The summed E-state index contributed by atoms with van der Waals surface area (Å²) in [6.45, 7) is 8.95. The first kappa shape index (κ1) is 18.5. The molecule has 0 aromatic carbocycles. The highest BCUT2D eigenvalue weighted by atomic mass is 16.4. The van der Waals surface area contributed by atoms with Crippen molar-refractivity contribution in [2.75, 3.05) is 0 Å². The molecule has 0 atom stereocenters. The first-order valence-electron chi connectivity index (χ1n) is 5.67. The summed E-state index contributed by atoms with van der Waals surface area (Å²) in [5.41, 5.74) is 0.130. The Kier molecular flexibility index (Phi) is 12.0. The summed E-state index contributed by atoms with van der Waals surface area (Å²) in [6, 6.07) is 0. The third-order valence-corrected chi connectivity index (χ3v) is 1.86. The van der Waals surface area contributed by atoms with Crippen LogP contribution in [0.3, 0.4) is 0 Å². The van der Waals surface area contributed by atoms with E-state index in [1.54, 1.807) is 0 Å². The minimum atomic E-state index is -1.19. The standard InChI is InChI=1S/C6H10.2C4H6O2/c1-2-4-6-5-3-1;2*1-3(2)4(5)6/h1-2H,3-6H2;2*1H2,2H3,(H,5,6)/p-2. The minimum absolute atomic E-state index is 0.0648. The largest absolute Gasteiger partial charge is 0.545 e. The third-order valence-electron chi connectivity index (χ3n) is 1.86. The van der Waals surface area contributed by atoms with Gasteiger partial charge in [-0.1, -0.05) is 25.3 Å². The van der Waals surface area contributed by atoms with Crippen molar-refractivity contribution >= 4 is 11.9 Å². The highest BCUT2D eigenvalue weighted by molar-refractivity contribution is 5.83. The van der Waals surface area contributed by atoms with Gasteiger partial charge in [0.05, 0.1) is 11.9 Å². The average molecular weight is 252 g/mol. The number of rotatable bonds is 2. The van der Waals surface area contributed by atoms with Gasteiger partial charge in [0.15, 0.2) is 0 Å². The number of aliphatic carboxylic acids is 2. The van der Waals surface area contributed by atoms with Crippen LogP contribution in [0.2, 0.25) is 0 Å². The van der Waals surface area contributed by atoms with E-state index in [1.165, 1.54) is 39.5 Å². The minimum Gasteiger partial charge on any atom is -0.545 e. The molecule has 0 aromatic rings. The number of carbonyl (C=O) groups is 2. The fraction of sp³-hybridized carbons (Fsp3) is 0.429. The van der Waals surface area contributed by atoms with E-state index >= 15 is 0 Å². The molecular weight excluding hydrogens is 232 g/mol. The molecule has 0 spiro atoms. The summed E-state index contributed by atoms with van der Waals surface area (Å²) in [5, 5.41) is 19.0. The van der Waals surface area contributed by atoms with Crippen molar-refractivity contribution in [1.82, 2.24) is 0 Å². The molecule has 0 unspecified atom stereocenters. The molecule has 0 saturated heterocycles. The Hall–Kier alpha value is -1.84. The fourth-order valence-electron chi connectivity index (χ4n) is 0.760. The molecule has 18 heavy (non-hydrogen) atoms. The first-order valence-corrected chi connectivity index (χ1v) is 5.67. The maximum Gasteiger partial charge on any atom is 0.0666 e. The van der Waals surface area contributed by atoms with Gasteiger partial charge in [0.25, 0.3) is 0 Å². The molecule has 102 valence electrons. The Balaban J connectivity index is 0. The molecule has 4 heteroatoms. The predicted molar refractivity (Wildman–Crippen MR) is 67.3 cm³/mol. The van der Waals surface area contributed by atoms with Crippen molar-refractivity contribution in [2.45, 2.75) is 39.5 Å². The van der Waals surface area contributed by atoms with Gasteiger partial charge >= 0.3 is 0 Å². The molecule has 0 bridgehead atoms. The van der Waals surface area contributed by atoms with E-state index in [9.17, 15) is 19.8 Å². The van der Waals surface area contributed by atoms with E-state index in [1.807, 2.05) is 0 Å². The average Bonchev–Trinajstić information content (AvgIpc) is 2.32. The Bertz CT molecular complexity index is 271. The van der Waals surface area contributed by atoms with Gasteiger partial charge in [0.2, 0.25) is 0 Å². The number of hydrogen-bond donors (Lipinski definition) is 0. The zero-order valence-corrected chi connectivity index (χ0v) is 11.0. The van der Waals surface area contributed by atoms with Crippen LogP contribution in [0.1, 0.15) is 39.5 Å². The topological polar surface area (TPSA) is 80.3 Å². The highest BCUT2D eigenvalue weighted by Crippen LogP contribution is 2.07. The van der Waals surface area contributed by atoms with Crippen LogP contribution < -0.4 is 10.2 Å². The van der Waals surface area contributed by atoms with Crippen molar-refractivity contribution in [3.05, 3.63) is 36.5 Å². The Morgan fingerprint density at radius 1 is 0.889 bits per heavy atom. The molecule has 1 rings (SSSR count). The lowest BCUT2D eigenvalue weighted by Gasteiger charge is -1.97. The van der Waals surface area contributed by atoms with E-state index < -0.39 is 11.9 Å². The third kappa shape index (κ3) is 16.6. The van der Waals surface area contributed by atoms with Crippen molar-refractivity contribution in [1.29, 1.82) is 0 Å². The van der Waals surface area contributed by atoms with Crippen LogP contribution >= 0.6 is 0 Å². The second kappa shape index (κ2) is 11.6. The van der Waals surface area contributed by atoms with Crippen LogP contribution in [0.15, 0.2) is 36.5 Å². The predicted octanol–water partition coefficient (Wildman–Crippen LogP) is 0.741. The van der Waals surface area contributed by atoms with Crippen LogP contribution in [0, 0.1) is 0 Å². The van der Waals surface area contributed by atoms with Crippen LogP contribution in [0.4, 0.5) is 0 Å². The zero-order valence-electron chi connectivity index (χ0n) is 11.0. The van der Waals surface area contributed by atoms with Crippen LogP contribution in [-0.4, -0.2) is 11.9 Å². The van der Waals surface area contributed by atoms with Crippen molar-refractivity contribution in [3.63, 3.8) is 0 Å². The lowest BCUT2D eigenvalue weighted by Crippen LogP contribution is -2.22. The van der Waals surface area contributed by atoms with E-state index in [0.29, 0.717) is 0 Å². The van der Waals surface area contributed by atoms with Gasteiger partial charge in [0.1, 0.15) is 0 Å². The van der Waals surface area contributed by atoms with E-state index in [2.05, 4.69) is 25.3 Å². The summed E-state index contributed by atoms with van der Waals surface area (Å²) >= 11 is 0. The van der Waals surface area contributed by atoms with Gasteiger partial charge < -0.3 is 19.8 Å². The summed E-state index contributed by atoms with van der Waals surface area (Å²) in [7, 11) is 0. The van der Waals surface area contributed by atoms with E-state index in [0.717, 1.165) is 0 Å². The normalized spacial score (nSPS) is 12.1. The molecule has 0 fully saturated rings. The molecule has 1 aliphatic carbocycles. The molecule has 0 N–H and O–H groups in total. The highest BCUT2D eigenvalue weighted by Gasteiger charge is 1.87. The van der Waals surface area contributed by atoms with Gasteiger partial charge in [-0.25, -0.2) is 0 Å². The van der Waals surface area contributed by atoms with Gasteiger partial charge in [0, 0.05) is 0 Å². The molecule has 4 nitrogen and oxygen atoms in total. The molecule has 1 aliphatic rings. The fourth-order valence-corrected chi connectivity index (χ4v) is 0.760. The maximum atomic E-state index is 9.49. The summed E-state index contributed by atoms with van der Waals surface area (Å²) < 4.78 is 0. The monoisotopic (exact) mass is 252 g/mol. The lowest BCUT2D eigenvalue weighted by molar-refractivity contribution is -0.300. The molecular formula is C14H20O4-2. The van der Waals surface area contributed by atoms with Crippen molar-refractivity contribution in [3.8, 4) is 0 Å². The molecule has 0 saturated carbocycles. The van der Waals surface area contributed by atoms with Crippen molar-refractivity contribution in [2.24, 2.45) is 0 Å². The van der Waals surface area contributed by atoms with E-state index in [4.69, 9.17) is 0 Å². The second-order valence-electron chi connectivity index (χ2n) is 3.89. The van der Waals surface area contributed by atoms with Crippen LogP contribution in [-0.2, 0) is 9.59 Å². The molecule has 0 radical (unpaired) electrons. The lowest BCUT2D eigenvalue weighted by atomic mass is 10.1. The number of carboxylic acids is 2. The van der Waals surface area contributed by atoms with Gasteiger partial charge in [-0.3, -0.25) is 0 Å². The zero-order chi connectivity index (χ0) is 14.6. The summed E-state index contributed by atoms with van der Waals surface area (Å²) in [4.78, 5) is 19.0. The number of allylic oxidation sites excluding steroid dienone is 2. The summed E-state index contributed by atoms with van der Waals surface area (Å²) in [5.74, 6) is -2.37. The maximum absolute atomic E-state index is 9.49. The van der Waals surface area contributed by atoms with Gasteiger partial charge in [-0.2, -0.15) is 0 Å². The van der Waals surface area contributed by atoms with Gasteiger partial charge in [-0.15, -0.1) is 0 Å². The molecule has 0 amide bonds. The number of carboxylic acid groups (broad SMARTS) is 2. The Labute approximate surface area is 108 Å². The quantitative estimate of drug-likeness (QED) is 0.536. The van der Waals surface area contributed by atoms with Crippen LogP contribution in [0.5, 0.6) is 0 Å². The smallest absolute Gasteiger partial charge is 0.0666 e. The second-order valence-corrected chi connectivity index (χ2v) is 3.89. The van der Waals surface area contributed by atoms with Gasteiger partial charge in [-0.05, 0) is 50.7 Å². The molecule has 0 aromatic heterocycles. The summed E-state index contributed by atoms with van der Waals surface area (Å²) in [6.07, 6.45) is 10.0. The Morgan fingerprint density at radius 2 is 1.11 bits per heavy atom. The SMILES string of the molecule is C1=CCCCC1.C=C(C)C(=O)[O-].C=C(C)C(=O)[O-]. The van der Waals surface area contributed by atoms with Crippen LogP contribution in [0.25, 0.3) is 0 Å². The molecule has 0 aliphatic heterocycles. The number of carbonyl (C=O) groups excluding carboxylic acids is 2. The van der Waals surface area contributed by atoms with Crippen molar-refractivity contribution < 1.29 is 19.8 Å². The number of hydrogen-bond acceptors (Lipinski definition) is 4. The Morgan fingerprint density at radius 3 is 1.17 bits per heavy atom.